The van der Waals surface area contributed by atoms with Gasteiger partial charge in [-0.2, -0.15) is 0 Å². The Bertz CT molecular complexity index is 808. The molecule has 0 spiro atoms. The zero-order chi connectivity index (χ0) is 14.8. The van der Waals surface area contributed by atoms with Gasteiger partial charge in [0.25, 0.3) is 0 Å². The largest absolute Gasteiger partial charge is 0.455 e. The minimum absolute atomic E-state index is 0.0892. The predicted octanol–water partition coefficient (Wildman–Crippen LogP) is 3.20. The Balaban J connectivity index is 1.87. The predicted molar refractivity (Wildman–Crippen MR) is 76.8 cm³/mol. The Kier molecular flexibility index (Phi) is 3.39. The van der Waals surface area contributed by atoms with Crippen molar-refractivity contribution in [2.24, 2.45) is 0 Å². The molecule has 1 aromatic carbocycles. The van der Waals surface area contributed by atoms with Crippen molar-refractivity contribution in [3.05, 3.63) is 59.1 Å². The molecule has 0 saturated heterocycles. The summed E-state index contributed by atoms with van der Waals surface area (Å²) in [7, 11) is 0. The van der Waals surface area contributed by atoms with E-state index in [1.165, 1.54) is 0 Å². The Morgan fingerprint density at radius 3 is 2.81 bits per heavy atom. The van der Waals surface area contributed by atoms with E-state index in [2.05, 4.69) is 10.1 Å². The first-order chi connectivity index (χ1) is 10.1. The lowest BCUT2D eigenvalue weighted by atomic mass is 10.1. The van der Waals surface area contributed by atoms with E-state index in [-0.39, 0.29) is 6.61 Å². The monoisotopic (exact) mass is 282 g/mol. The van der Waals surface area contributed by atoms with E-state index in [9.17, 15) is 4.79 Å². The molecule has 3 rings (SSSR count). The summed E-state index contributed by atoms with van der Waals surface area (Å²) in [5.74, 6) is 0.295. The number of ether oxygens (including phenoxy) is 1. The number of hydrogen-bond acceptors (Lipinski definition) is 5. The molecule has 0 unspecified atom stereocenters. The van der Waals surface area contributed by atoms with Gasteiger partial charge >= 0.3 is 5.97 Å². The highest BCUT2D eigenvalue weighted by atomic mass is 16.5. The molecule has 0 radical (unpaired) electrons. The minimum atomic E-state index is -0.391. The average Bonchev–Trinajstić information content (AvgIpc) is 2.89. The van der Waals surface area contributed by atoms with Crippen molar-refractivity contribution in [3.8, 4) is 0 Å². The first kappa shape index (κ1) is 13.3. The van der Waals surface area contributed by atoms with Gasteiger partial charge in [-0.25, -0.2) is 4.79 Å². The zero-order valence-electron chi connectivity index (χ0n) is 11.8. The Labute approximate surface area is 121 Å². The summed E-state index contributed by atoms with van der Waals surface area (Å²) in [6.45, 7) is 3.73. The third-order valence-electron chi connectivity index (χ3n) is 3.09. The number of rotatable bonds is 3. The van der Waals surface area contributed by atoms with Gasteiger partial charge in [-0.05, 0) is 26.0 Å². The van der Waals surface area contributed by atoms with E-state index in [4.69, 9.17) is 9.26 Å². The molecule has 2 heterocycles. The van der Waals surface area contributed by atoms with E-state index in [0.29, 0.717) is 17.0 Å². The number of para-hydroxylation sites is 1. The van der Waals surface area contributed by atoms with Crippen molar-refractivity contribution in [1.29, 1.82) is 0 Å². The van der Waals surface area contributed by atoms with Gasteiger partial charge in [0.1, 0.15) is 18.1 Å². The van der Waals surface area contributed by atoms with Gasteiger partial charge in [0.2, 0.25) is 0 Å². The number of pyridine rings is 1. The molecule has 0 bridgehead atoms. The second kappa shape index (κ2) is 5.36. The average molecular weight is 282 g/mol. The van der Waals surface area contributed by atoms with Crippen molar-refractivity contribution in [2.75, 3.05) is 0 Å². The number of benzene rings is 1. The third kappa shape index (κ3) is 2.76. The fourth-order valence-electron chi connectivity index (χ4n) is 2.18. The van der Waals surface area contributed by atoms with Crippen molar-refractivity contribution in [3.63, 3.8) is 0 Å². The van der Waals surface area contributed by atoms with E-state index in [0.717, 1.165) is 16.6 Å². The molecule has 0 N–H and O–H groups in total. The first-order valence-electron chi connectivity index (χ1n) is 6.59. The summed E-state index contributed by atoms with van der Waals surface area (Å²) in [4.78, 5) is 16.7. The van der Waals surface area contributed by atoms with Crippen LogP contribution in [-0.4, -0.2) is 16.1 Å². The Morgan fingerprint density at radius 1 is 1.24 bits per heavy atom. The highest BCUT2D eigenvalue weighted by Crippen LogP contribution is 2.19. The molecule has 0 saturated carbocycles. The standard InChI is InChI=1S/C16H14N2O3/c1-10-7-14(13-5-3-4-6-15(13)17-10)16(19)20-9-12-8-11(2)21-18-12/h3-8H,9H2,1-2H3. The van der Waals surface area contributed by atoms with Crippen molar-refractivity contribution < 1.29 is 14.1 Å². The van der Waals surface area contributed by atoms with Gasteiger partial charge in [0.05, 0.1) is 11.1 Å². The number of aryl methyl sites for hydroxylation is 2. The van der Waals surface area contributed by atoms with Crippen molar-refractivity contribution in [1.82, 2.24) is 10.1 Å². The first-order valence-corrected chi connectivity index (χ1v) is 6.59. The topological polar surface area (TPSA) is 65.2 Å². The molecular weight excluding hydrogens is 268 g/mol. The number of nitrogens with zero attached hydrogens (tertiary/aromatic N) is 2. The van der Waals surface area contributed by atoms with Crippen molar-refractivity contribution in [2.45, 2.75) is 20.5 Å². The molecule has 0 amide bonds. The lowest BCUT2D eigenvalue weighted by Gasteiger charge is -2.07. The maximum Gasteiger partial charge on any atom is 0.339 e. The van der Waals surface area contributed by atoms with Gasteiger partial charge in [-0.3, -0.25) is 4.98 Å². The van der Waals surface area contributed by atoms with Crippen LogP contribution >= 0.6 is 0 Å². The summed E-state index contributed by atoms with van der Waals surface area (Å²) in [6.07, 6.45) is 0. The fraction of sp³-hybridized carbons (Fsp3) is 0.188. The lowest BCUT2D eigenvalue weighted by Crippen LogP contribution is -2.07. The van der Waals surface area contributed by atoms with Crippen LogP contribution in [0.1, 0.15) is 27.5 Å². The molecular formula is C16H14N2O3. The van der Waals surface area contributed by atoms with Crippen LogP contribution in [0.3, 0.4) is 0 Å². The highest BCUT2D eigenvalue weighted by Gasteiger charge is 2.14. The Morgan fingerprint density at radius 2 is 2.05 bits per heavy atom. The second-order valence-electron chi connectivity index (χ2n) is 4.83. The van der Waals surface area contributed by atoms with Crippen LogP contribution < -0.4 is 0 Å². The summed E-state index contributed by atoms with van der Waals surface area (Å²) in [5.41, 5.74) is 2.66. The number of fused-ring (bicyclic) bond motifs is 1. The molecule has 0 fully saturated rings. The molecule has 106 valence electrons. The van der Waals surface area contributed by atoms with Gasteiger partial charge in [0, 0.05) is 17.1 Å². The van der Waals surface area contributed by atoms with Crippen LogP contribution in [0.25, 0.3) is 10.9 Å². The van der Waals surface area contributed by atoms with Crippen LogP contribution in [0.15, 0.2) is 40.9 Å². The third-order valence-corrected chi connectivity index (χ3v) is 3.09. The van der Waals surface area contributed by atoms with E-state index >= 15 is 0 Å². The summed E-state index contributed by atoms with van der Waals surface area (Å²) in [6, 6.07) is 11.0. The molecule has 0 atom stereocenters. The van der Waals surface area contributed by atoms with Gasteiger partial charge in [0.15, 0.2) is 0 Å². The van der Waals surface area contributed by atoms with E-state index < -0.39 is 5.97 Å². The van der Waals surface area contributed by atoms with Crippen LogP contribution in [0.4, 0.5) is 0 Å². The molecule has 2 aromatic heterocycles. The number of aromatic nitrogens is 2. The van der Waals surface area contributed by atoms with E-state index in [1.807, 2.05) is 31.2 Å². The molecule has 3 aromatic rings. The molecule has 21 heavy (non-hydrogen) atoms. The van der Waals surface area contributed by atoms with Crippen molar-refractivity contribution >= 4 is 16.9 Å². The maximum atomic E-state index is 12.3. The SMILES string of the molecule is Cc1cc(C(=O)OCc2cc(C)on2)c2ccccc2n1. The van der Waals surface area contributed by atoms with Gasteiger partial charge in [-0.15, -0.1) is 0 Å². The van der Waals surface area contributed by atoms with Crippen LogP contribution in [-0.2, 0) is 11.3 Å². The molecule has 0 aliphatic carbocycles. The van der Waals surface area contributed by atoms with Gasteiger partial charge in [-0.1, -0.05) is 23.4 Å². The molecule has 0 aliphatic heterocycles. The quantitative estimate of drug-likeness (QED) is 0.690. The number of esters is 1. The highest BCUT2D eigenvalue weighted by molar-refractivity contribution is 6.03. The lowest BCUT2D eigenvalue weighted by molar-refractivity contribution is 0.0466. The zero-order valence-corrected chi connectivity index (χ0v) is 11.8. The van der Waals surface area contributed by atoms with Crippen LogP contribution in [0.2, 0.25) is 0 Å². The normalized spacial score (nSPS) is 10.8. The minimum Gasteiger partial charge on any atom is -0.455 e. The number of carbonyl (C=O) groups is 1. The fourth-order valence-corrected chi connectivity index (χ4v) is 2.18. The smallest absolute Gasteiger partial charge is 0.339 e. The second-order valence-corrected chi connectivity index (χ2v) is 4.83. The molecule has 0 aliphatic rings. The Hall–Kier alpha value is -2.69. The summed E-state index contributed by atoms with van der Waals surface area (Å²) < 4.78 is 10.2. The summed E-state index contributed by atoms with van der Waals surface area (Å²) in [5, 5.41) is 4.58. The number of hydrogen-bond donors (Lipinski definition) is 0. The maximum absolute atomic E-state index is 12.3. The summed E-state index contributed by atoms with van der Waals surface area (Å²) >= 11 is 0. The van der Waals surface area contributed by atoms with E-state index in [1.54, 1.807) is 19.1 Å². The number of carbonyl (C=O) groups excluding carboxylic acids is 1. The van der Waals surface area contributed by atoms with Crippen LogP contribution in [0.5, 0.6) is 0 Å². The molecule has 5 heteroatoms. The van der Waals surface area contributed by atoms with Crippen LogP contribution in [0, 0.1) is 13.8 Å². The van der Waals surface area contributed by atoms with Gasteiger partial charge < -0.3 is 9.26 Å². The molecule has 5 nitrogen and oxygen atoms in total.